The zero-order valence-corrected chi connectivity index (χ0v) is 10.8. The molecule has 1 fully saturated rings. The van der Waals surface area contributed by atoms with Crippen LogP contribution in [0.15, 0.2) is 16.7 Å². The van der Waals surface area contributed by atoms with Gasteiger partial charge in [0.05, 0.1) is 25.9 Å². The number of pyridine rings is 1. The van der Waals surface area contributed by atoms with Crippen LogP contribution in [0.3, 0.4) is 0 Å². The molecule has 1 aromatic heterocycles. The van der Waals surface area contributed by atoms with Gasteiger partial charge in [-0.25, -0.2) is 4.98 Å². The van der Waals surface area contributed by atoms with E-state index in [1.807, 2.05) is 13.0 Å². The number of anilines is 1. The van der Waals surface area contributed by atoms with E-state index in [-0.39, 0.29) is 12.6 Å². The van der Waals surface area contributed by atoms with Crippen LogP contribution in [0.1, 0.15) is 5.56 Å². The van der Waals surface area contributed by atoms with E-state index < -0.39 is 0 Å². The minimum absolute atomic E-state index is 0.0156. The van der Waals surface area contributed by atoms with Gasteiger partial charge in [-0.3, -0.25) is 0 Å². The number of aliphatic hydroxyl groups is 1. The number of nitrogens with zero attached hydrogens (tertiary/aromatic N) is 2. The molecule has 1 N–H and O–H groups in total. The van der Waals surface area contributed by atoms with Crippen LogP contribution in [0.5, 0.6) is 0 Å². The molecular formula is C11H15BrN2O2. The van der Waals surface area contributed by atoms with Crippen molar-refractivity contribution >= 4 is 21.7 Å². The normalized spacial score (nSPS) is 21.2. The van der Waals surface area contributed by atoms with E-state index in [9.17, 15) is 5.11 Å². The molecule has 1 unspecified atom stereocenters. The monoisotopic (exact) mass is 286 g/mol. The molecule has 4 nitrogen and oxygen atoms in total. The molecule has 0 saturated carbocycles. The Kier molecular flexibility index (Phi) is 3.78. The lowest BCUT2D eigenvalue weighted by molar-refractivity contribution is 0.0723. The Labute approximate surface area is 103 Å². The standard InChI is InChI=1S/C11H15BrN2O2/c1-8-4-11(13-5-10(8)12)14-2-3-16-7-9(14)6-15/h4-5,9,15H,2-3,6-7H2,1H3. The minimum atomic E-state index is 0.0156. The van der Waals surface area contributed by atoms with Crippen molar-refractivity contribution in [3.8, 4) is 0 Å². The molecule has 1 aliphatic heterocycles. The molecule has 2 rings (SSSR count). The number of aromatic nitrogens is 1. The summed E-state index contributed by atoms with van der Waals surface area (Å²) in [5, 5.41) is 9.29. The highest BCUT2D eigenvalue weighted by molar-refractivity contribution is 9.10. The number of rotatable bonds is 2. The maximum absolute atomic E-state index is 9.29. The van der Waals surface area contributed by atoms with Gasteiger partial charge in [0.2, 0.25) is 0 Å². The Balaban J connectivity index is 2.23. The summed E-state index contributed by atoms with van der Waals surface area (Å²) < 4.78 is 6.34. The molecule has 1 atom stereocenters. The quantitative estimate of drug-likeness (QED) is 0.892. The Morgan fingerprint density at radius 3 is 3.19 bits per heavy atom. The fourth-order valence-corrected chi connectivity index (χ4v) is 2.01. The molecule has 0 amide bonds. The largest absolute Gasteiger partial charge is 0.394 e. The third kappa shape index (κ3) is 2.36. The smallest absolute Gasteiger partial charge is 0.129 e. The molecule has 0 aliphatic carbocycles. The lowest BCUT2D eigenvalue weighted by atomic mass is 10.2. The number of hydrogen-bond donors (Lipinski definition) is 1. The average Bonchev–Trinajstić information content (AvgIpc) is 2.32. The van der Waals surface area contributed by atoms with Gasteiger partial charge in [-0.2, -0.15) is 0 Å². The fourth-order valence-electron chi connectivity index (χ4n) is 1.79. The van der Waals surface area contributed by atoms with Crippen molar-refractivity contribution in [3.05, 3.63) is 22.3 Å². The summed E-state index contributed by atoms with van der Waals surface area (Å²) in [6.45, 7) is 4.15. The van der Waals surface area contributed by atoms with Crippen LogP contribution in [-0.4, -0.2) is 42.5 Å². The summed E-state index contributed by atoms with van der Waals surface area (Å²) in [5.41, 5.74) is 1.15. The average molecular weight is 287 g/mol. The van der Waals surface area contributed by atoms with Crippen molar-refractivity contribution < 1.29 is 9.84 Å². The van der Waals surface area contributed by atoms with Crippen LogP contribution < -0.4 is 4.90 Å². The van der Waals surface area contributed by atoms with Gasteiger partial charge in [0.1, 0.15) is 5.82 Å². The highest BCUT2D eigenvalue weighted by Gasteiger charge is 2.23. The van der Waals surface area contributed by atoms with Crippen LogP contribution >= 0.6 is 15.9 Å². The van der Waals surface area contributed by atoms with E-state index in [0.29, 0.717) is 13.2 Å². The summed E-state index contributed by atoms with van der Waals surface area (Å²) in [4.78, 5) is 6.47. The van der Waals surface area contributed by atoms with Crippen molar-refractivity contribution in [1.82, 2.24) is 4.98 Å². The highest BCUT2D eigenvalue weighted by atomic mass is 79.9. The lowest BCUT2D eigenvalue weighted by Gasteiger charge is -2.35. The molecule has 0 spiro atoms. The number of halogens is 1. The first-order valence-electron chi connectivity index (χ1n) is 5.29. The molecule has 0 radical (unpaired) electrons. The van der Waals surface area contributed by atoms with Crippen molar-refractivity contribution in [2.75, 3.05) is 31.3 Å². The molecule has 1 aromatic rings. The maximum Gasteiger partial charge on any atom is 0.129 e. The predicted molar refractivity (Wildman–Crippen MR) is 65.7 cm³/mol. The van der Waals surface area contributed by atoms with Gasteiger partial charge in [-0.15, -0.1) is 0 Å². The van der Waals surface area contributed by atoms with Gasteiger partial charge in [-0.05, 0) is 34.5 Å². The van der Waals surface area contributed by atoms with Gasteiger partial charge in [0.15, 0.2) is 0 Å². The third-order valence-electron chi connectivity index (χ3n) is 2.77. The summed E-state index contributed by atoms with van der Waals surface area (Å²) >= 11 is 3.43. The molecule has 5 heteroatoms. The summed E-state index contributed by atoms with van der Waals surface area (Å²) in [5.74, 6) is 0.906. The topological polar surface area (TPSA) is 45.6 Å². The van der Waals surface area contributed by atoms with Gasteiger partial charge in [-0.1, -0.05) is 0 Å². The van der Waals surface area contributed by atoms with Gasteiger partial charge >= 0.3 is 0 Å². The molecule has 2 heterocycles. The Hall–Kier alpha value is -0.650. The van der Waals surface area contributed by atoms with E-state index in [0.717, 1.165) is 22.4 Å². The minimum Gasteiger partial charge on any atom is -0.394 e. The molecule has 0 bridgehead atoms. The van der Waals surface area contributed by atoms with E-state index >= 15 is 0 Å². The van der Waals surface area contributed by atoms with Crippen molar-refractivity contribution in [3.63, 3.8) is 0 Å². The van der Waals surface area contributed by atoms with Crippen molar-refractivity contribution in [1.29, 1.82) is 0 Å². The highest BCUT2D eigenvalue weighted by Crippen LogP contribution is 2.22. The molecule has 1 aliphatic rings. The van der Waals surface area contributed by atoms with Crippen molar-refractivity contribution in [2.45, 2.75) is 13.0 Å². The Morgan fingerprint density at radius 2 is 2.50 bits per heavy atom. The molecule has 16 heavy (non-hydrogen) atoms. The number of aliphatic hydroxyl groups excluding tert-OH is 1. The van der Waals surface area contributed by atoms with E-state index in [1.54, 1.807) is 6.20 Å². The molecule has 88 valence electrons. The van der Waals surface area contributed by atoms with Crippen molar-refractivity contribution in [2.24, 2.45) is 0 Å². The van der Waals surface area contributed by atoms with E-state index in [1.165, 1.54) is 0 Å². The molecule has 1 saturated heterocycles. The first-order valence-corrected chi connectivity index (χ1v) is 6.09. The maximum atomic E-state index is 9.29. The zero-order chi connectivity index (χ0) is 11.5. The number of aryl methyl sites for hydroxylation is 1. The first-order chi connectivity index (χ1) is 7.72. The van der Waals surface area contributed by atoms with Crippen LogP contribution in [-0.2, 0) is 4.74 Å². The van der Waals surface area contributed by atoms with E-state index in [4.69, 9.17) is 4.74 Å². The summed E-state index contributed by atoms with van der Waals surface area (Å²) in [7, 11) is 0. The SMILES string of the molecule is Cc1cc(N2CCOCC2CO)ncc1Br. The van der Waals surface area contributed by atoms with Crippen LogP contribution in [0.4, 0.5) is 5.82 Å². The first kappa shape index (κ1) is 11.8. The predicted octanol–water partition coefficient (Wildman–Crippen LogP) is 1.35. The Bertz CT molecular complexity index is 373. The fraction of sp³-hybridized carbons (Fsp3) is 0.545. The van der Waals surface area contributed by atoms with Crippen LogP contribution in [0, 0.1) is 6.92 Å². The lowest BCUT2D eigenvalue weighted by Crippen LogP contribution is -2.48. The Morgan fingerprint density at radius 1 is 1.69 bits per heavy atom. The number of hydrogen-bond acceptors (Lipinski definition) is 4. The van der Waals surface area contributed by atoms with E-state index in [2.05, 4.69) is 25.8 Å². The summed E-state index contributed by atoms with van der Waals surface area (Å²) in [6.07, 6.45) is 1.80. The third-order valence-corrected chi connectivity index (χ3v) is 3.60. The second-order valence-electron chi connectivity index (χ2n) is 3.90. The molecular weight excluding hydrogens is 272 g/mol. The number of ether oxygens (including phenoxy) is 1. The zero-order valence-electron chi connectivity index (χ0n) is 9.19. The molecule has 0 aromatic carbocycles. The van der Waals surface area contributed by atoms with Crippen LogP contribution in [0.2, 0.25) is 0 Å². The second-order valence-corrected chi connectivity index (χ2v) is 4.75. The van der Waals surface area contributed by atoms with Gasteiger partial charge < -0.3 is 14.7 Å². The summed E-state index contributed by atoms with van der Waals surface area (Å²) in [6, 6.07) is 2.04. The van der Waals surface area contributed by atoms with Crippen LogP contribution in [0.25, 0.3) is 0 Å². The second kappa shape index (κ2) is 5.12. The number of morpholine rings is 1. The van der Waals surface area contributed by atoms with Gasteiger partial charge in [0, 0.05) is 17.2 Å². The van der Waals surface area contributed by atoms with Gasteiger partial charge in [0.25, 0.3) is 0 Å².